The smallest absolute Gasteiger partial charge is 0.337 e. The summed E-state index contributed by atoms with van der Waals surface area (Å²) in [5.74, 6) is -0.393. The van der Waals surface area contributed by atoms with Crippen molar-refractivity contribution in [3.8, 4) is 0 Å². The van der Waals surface area contributed by atoms with Crippen LogP contribution >= 0.6 is 0 Å². The molecule has 0 radical (unpaired) electrons. The Morgan fingerprint density at radius 2 is 2.14 bits per heavy atom. The third-order valence-electron chi connectivity index (χ3n) is 2.82. The molecule has 1 heterocycles. The molecule has 0 atom stereocenters. The van der Waals surface area contributed by atoms with Crippen molar-refractivity contribution >= 4 is 21.8 Å². The predicted octanol–water partition coefficient (Wildman–Crippen LogP) is 1.56. The maximum absolute atomic E-state index is 12.2. The molecule has 21 heavy (non-hydrogen) atoms. The van der Waals surface area contributed by atoms with Gasteiger partial charge in [-0.1, -0.05) is 13.0 Å². The molecule has 0 saturated carbocycles. The molecule has 0 aliphatic carbocycles. The van der Waals surface area contributed by atoms with Crippen molar-refractivity contribution in [1.29, 1.82) is 0 Å². The Bertz CT molecular complexity index is 752. The van der Waals surface area contributed by atoms with Crippen LogP contribution in [0, 0.1) is 0 Å². The molecule has 0 aliphatic rings. The van der Waals surface area contributed by atoms with E-state index in [2.05, 4.69) is 19.7 Å². The molecular weight excluding hydrogens is 294 g/mol. The second-order valence-corrected chi connectivity index (χ2v) is 5.94. The fourth-order valence-corrected chi connectivity index (χ4v) is 2.74. The largest absolute Gasteiger partial charge is 0.465 e. The summed E-state index contributed by atoms with van der Waals surface area (Å²) in [4.78, 5) is 11.4. The number of aromatic nitrogens is 2. The number of hydrogen-bond acceptors (Lipinski definition) is 5. The molecule has 112 valence electrons. The van der Waals surface area contributed by atoms with Crippen molar-refractivity contribution < 1.29 is 17.9 Å². The molecule has 0 amide bonds. The lowest BCUT2D eigenvalue weighted by Gasteiger charge is -2.06. The Hall–Kier alpha value is -2.35. The number of nitrogens with one attached hydrogen (secondary N) is 2. The molecule has 1 aromatic carbocycles. The Labute approximate surface area is 122 Å². The molecule has 1 aromatic heterocycles. The molecule has 2 aromatic rings. The minimum atomic E-state index is -3.81. The first-order chi connectivity index (χ1) is 9.96. The van der Waals surface area contributed by atoms with Gasteiger partial charge in [0, 0.05) is 11.8 Å². The van der Waals surface area contributed by atoms with Gasteiger partial charge in [-0.3, -0.25) is 9.82 Å². The predicted molar refractivity (Wildman–Crippen MR) is 76.6 cm³/mol. The summed E-state index contributed by atoms with van der Waals surface area (Å²) in [5, 5.41) is 6.58. The highest BCUT2D eigenvalue weighted by atomic mass is 32.2. The number of nitrogens with zero attached hydrogens (tertiary/aromatic N) is 1. The fraction of sp³-hybridized carbons (Fsp3) is 0.231. The van der Waals surface area contributed by atoms with Gasteiger partial charge in [-0.2, -0.15) is 5.10 Å². The van der Waals surface area contributed by atoms with Gasteiger partial charge in [0.2, 0.25) is 0 Å². The van der Waals surface area contributed by atoms with E-state index in [1.807, 2.05) is 6.92 Å². The van der Waals surface area contributed by atoms with Gasteiger partial charge < -0.3 is 4.74 Å². The summed E-state index contributed by atoms with van der Waals surface area (Å²) < 4.78 is 31.4. The molecule has 2 rings (SSSR count). The number of aromatic amines is 1. The first-order valence-electron chi connectivity index (χ1n) is 6.21. The van der Waals surface area contributed by atoms with E-state index >= 15 is 0 Å². The molecule has 0 aliphatic heterocycles. The van der Waals surface area contributed by atoms with Crippen LogP contribution in [0.15, 0.2) is 35.2 Å². The number of hydrogen-bond donors (Lipinski definition) is 2. The highest BCUT2D eigenvalue weighted by molar-refractivity contribution is 7.92. The molecule has 0 bridgehead atoms. The Kier molecular flexibility index (Phi) is 4.27. The first kappa shape index (κ1) is 15.0. The zero-order valence-corrected chi connectivity index (χ0v) is 12.4. The summed E-state index contributed by atoms with van der Waals surface area (Å²) in [6.07, 6.45) is 0.715. The van der Waals surface area contributed by atoms with Crippen LogP contribution in [0.3, 0.4) is 0 Å². The molecule has 0 unspecified atom stereocenters. The van der Waals surface area contributed by atoms with E-state index in [-0.39, 0.29) is 16.3 Å². The van der Waals surface area contributed by atoms with Gasteiger partial charge in [0.1, 0.15) is 0 Å². The second-order valence-electron chi connectivity index (χ2n) is 4.26. The summed E-state index contributed by atoms with van der Waals surface area (Å²) in [6, 6.07) is 7.21. The number of carbonyl (C=O) groups is 1. The molecule has 7 nitrogen and oxygen atoms in total. The number of esters is 1. The molecular formula is C13H15N3O4S. The monoisotopic (exact) mass is 309 g/mol. The number of ether oxygens (including phenoxy) is 1. The standard InChI is InChI=1S/C13H15N3O4S/c1-3-10-8-12(15-14-10)16-21(18,19)11-6-4-5-9(7-11)13(17)20-2/h4-8H,3H2,1-2H3,(H2,14,15,16). The fourth-order valence-electron chi connectivity index (χ4n) is 1.70. The molecule has 8 heteroatoms. The lowest BCUT2D eigenvalue weighted by molar-refractivity contribution is 0.0600. The van der Waals surface area contributed by atoms with Crippen LogP contribution in [0.25, 0.3) is 0 Å². The number of H-pyrrole nitrogens is 1. The summed E-state index contributed by atoms with van der Waals surface area (Å²) in [6.45, 7) is 1.92. The van der Waals surface area contributed by atoms with E-state index in [0.29, 0.717) is 6.42 Å². The van der Waals surface area contributed by atoms with E-state index in [0.717, 1.165) is 5.69 Å². The van der Waals surface area contributed by atoms with Crippen LogP contribution < -0.4 is 4.72 Å². The number of rotatable bonds is 5. The Morgan fingerprint density at radius 3 is 2.76 bits per heavy atom. The van der Waals surface area contributed by atoms with Gasteiger partial charge in [0.15, 0.2) is 5.82 Å². The van der Waals surface area contributed by atoms with E-state index in [1.165, 1.54) is 31.4 Å². The van der Waals surface area contributed by atoms with Crippen molar-refractivity contribution in [2.24, 2.45) is 0 Å². The van der Waals surface area contributed by atoms with Crippen molar-refractivity contribution in [2.75, 3.05) is 11.8 Å². The number of methoxy groups -OCH3 is 1. The second kappa shape index (κ2) is 5.96. The Balaban J connectivity index is 2.29. The number of anilines is 1. The zero-order chi connectivity index (χ0) is 15.5. The maximum Gasteiger partial charge on any atom is 0.337 e. The topological polar surface area (TPSA) is 101 Å². The van der Waals surface area contributed by atoms with Gasteiger partial charge in [-0.15, -0.1) is 0 Å². The van der Waals surface area contributed by atoms with Gasteiger partial charge >= 0.3 is 5.97 Å². The van der Waals surface area contributed by atoms with E-state index < -0.39 is 16.0 Å². The third-order valence-corrected chi connectivity index (χ3v) is 4.17. The normalized spacial score (nSPS) is 11.1. The number of sulfonamides is 1. The van der Waals surface area contributed by atoms with Crippen molar-refractivity contribution in [3.05, 3.63) is 41.6 Å². The first-order valence-corrected chi connectivity index (χ1v) is 7.70. The molecule has 2 N–H and O–H groups in total. The summed E-state index contributed by atoms with van der Waals surface area (Å²) in [7, 11) is -2.58. The van der Waals surface area contributed by atoms with Crippen LogP contribution in [0.1, 0.15) is 23.0 Å². The summed E-state index contributed by atoms with van der Waals surface area (Å²) in [5.41, 5.74) is 0.979. The molecule has 0 fully saturated rings. The van der Waals surface area contributed by atoms with Gasteiger partial charge in [0.25, 0.3) is 10.0 Å². The minimum Gasteiger partial charge on any atom is -0.465 e. The Morgan fingerprint density at radius 1 is 1.38 bits per heavy atom. The van der Waals surface area contributed by atoms with Crippen LogP contribution in [0.2, 0.25) is 0 Å². The average Bonchev–Trinajstić information content (AvgIpc) is 2.93. The minimum absolute atomic E-state index is 0.0357. The number of aryl methyl sites for hydroxylation is 1. The quantitative estimate of drug-likeness (QED) is 0.816. The molecule has 0 saturated heterocycles. The molecule has 0 spiro atoms. The van der Waals surface area contributed by atoms with Crippen LogP contribution in [0.5, 0.6) is 0 Å². The lowest BCUT2D eigenvalue weighted by Crippen LogP contribution is -2.14. The number of benzene rings is 1. The average molecular weight is 309 g/mol. The zero-order valence-electron chi connectivity index (χ0n) is 11.6. The van der Waals surface area contributed by atoms with Crippen LogP contribution in [-0.4, -0.2) is 31.7 Å². The van der Waals surface area contributed by atoms with E-state index in [1.54, 1.807) is 6.07 Å². The van der Waals surface area contributed by atoms with E-state index in [9.17, 15) is 13.2 Å². The highest BCUT2D eigenvalue weighted by Gasteiger charge is 2.17. The third kappa shape index (κ3) is 3.40. The number of carbonyl (C=O) groups excluding carboxylic acids is 1. The van der Waals surface area contributed by atoms with Gasteiger partial charge in [-0.25, -0.2) is 13.2 Å². The SMILES string of the molecule is CCc1cc(NS(=O)(=O)c2cccc(C(=O)OC)c2)n[nH]1. The van der Waals surface area contributed by atoms with Crippen LogP contribution in [-0.2, 0) is 21.2 Å². The van der Waals surface area contributed by atoms with Crippen LogP contribution in [0.4, 0.5) is 5.82 Å². The van der Waals surface area contributed by atoms with E-state index in [4.69, 9.17) is 0 Å². The van der Waals surface area contributed by atoms with Crippen molar-refractivity contribution in [2.45, 2.75) is 18.2 Å². The lowest BCUT2D eigenvalue weighted by atomic mass is 10.2. The van der Waals surface area contributed by atoms with Crippen molar-refractivity contribution in [1.82, 2.24) is 10.2 Å². The van der Waals surface area contributed by atoms with Crippen molar-refractivity contribution in [3.63, 3.8) is 0 Å². The maximum atomic E-state index is 12.2. The van der Waals surface area contributed by atoms with Gasteiger partial charge in [-0.05, 0) is 24.6 Å². The van der Waals surface area contributed by atoms with Gasteiger partial charge in [0.05, 0.1) is 17.6 Å². The summed E-state index contributed by atoms with van der Waals surface area (Å²) >= 11 is 0. The highest BCUT2D eigenvalue weighted by Crippen LogP contribution is 2.17.